The third kappa shape index (κ3) is 8.90. The Labute approximate surface area is 327 Å². The number of carboxylic acid groups (broad SMARTS) is 1. The molecule has 57 heavy (non-hydrogen) atoms. The smallest absolute Gasteiger partial charge is 0.416 e. The van der Waals surface area contributed by atoms with Crippen LogP contribution in [0.5, 0.6) is 5.75 Å². The second-order valence-electron chi connectivity index (χ2n) is 16.3. The number of carboxylic acids is 1. The molecule has 1 aliphatic heterocycles. The number of alkyl halides is 6. The van der Waals surface area contributed by atoms with E-state index in [1.807, 2.05) is 29.2 Å². The number of hydrogen-bond donors (Lipinski definition) is 1. The van der Waals surface area contributed by atoms with Gasteiger partial charge < -0.3 is 19.5 Å². The molecule has 1 N–H and O–H groups in total. The first kappa shape index (κ1) is 40.5. The van der Waals surface area contributed by atoms with Crippen molar-refractivity contribution in [1.82, 2.24) is 15.0 Å². The van der Waals surface area contributed by atoms with Crippen LogP contribution in [0.4, 0.5) is 32.3 Å². The van der Waals surface area contributed by atoms with Crippen LogP contribution in [0.1, 0.15) is 138 Å². The zero-order chi connectivity index (χ0) is 40.7. The van der Waals surface area contributed by atoms with Crippen molar-refractivity contribution in [3.63, 3.8) is 0 Å². The summed E-state index contributed by atoms with van der Waals surface area (Å²) in [6.45, 7) is 5.33. The molecular formula is C43H46F6N4O4. The number of nitrogens with zero attached hydrogens (tertiary/aromatic N) is 4. The highest BCUT2D eigenvalue weighted by atomic mass is 19.4. The van der Waals surface area contributed by atoms with Crippen molar-refractivity contribution < 1.29 is 45.7 Å². The molecular weight excluding hydrogens is 750 g/mol. The fraction of sp³-hybridized carbons (Fsp3) is 0.488. The summed E-state index contributed by atoms with van der Waals surface area (Å²) in [6, 6.07) is 11.5. The Morgan fingerprint density at radius 2 is 1.56 bits per heavy atom. The number of carbonyl (C=O) groups is 1. The van der Waals surface area contributed by atoms with Crippen LogP contribution in [0, 0.1) is 5.41 Å². The number of halogens is 6. The van der Waals surface area contributed by atoms with Gasteiger partial charge in [-0.3, -0.25) is 4.98 Å². The number of pyridine rings is 1. The van der Waals surface area contributed by atoms with Crippen LogP contribution in [0.2, 0.25) is 0 Å². The molecule has 4 aromatic rings. The van der Waals surface area contributed by atoms with Crippen LogP contribution in [0.25, 0.3) is 0 Å². The molecule has 2 aromatic heterocycles. The van der Waals surface area contributed by atoms with E-state index in [0.29, 0.717) is 67.3 Å². The number of rotatable bonds is 10. The van der Waals surface area contributed by atoms with Crippen LogP contribution in [0.3, 0.4) is 0 Å². The minimum absolute atomic E-state index is 0.0181. The molecule has 1 saturated carbocycles. The summed E-state index contributed by atoms with van der Waals surface area (Å²) in [6.07, 6.45) is -3.05. The van der Waals surface area contributed by atoms with Crippen LogP contribution < -0.4 is 9.64 Å². The summed E-state index contributed by atoms with van der Waals surface area (Å²) in [5, 5.41) is 9.29. The van der Waals surface area contributed by atoms with Crippen molar-refractivity contribution in [3.05, 3.63) is 111 Å². The molecule has 2 atom stereocenters. The maximum absolute atomic E-state index is 17.7. The Kier molecular flexibility index (Phi) is 11.3. The van der Waals surface area contributed by atoms with E-state index < -0.39 is 41.8 Å². The van der Waals surface area contributed by atoms with Gasteiger partial charge in [0, 0.05) is 61.1 Å². The standard InChI is InChI=1S/C43H46F6N4O4/c1-41(2)20-32-35(33(21-41)57-24-25-4-10-31(56-3)11-5-25)34(26-12-16-42(45,46)17-13-26)36(37(44)27-6-8-30(9-7-27)43(47,48)49)38(52-32)28-14-18-53(19-15-28)40-50-22-29(23-51-40)39(54)55/h4-11,22-23,26,28,33,37H,12-21,24H2,1-3H3,(H,54,55)/t33-,37-/m0/s1. The van der Waals surface area contributed by atoms with Crippen molar-refractivity contribution in [3.8, 4) is 5.75 Å². The summed E-state index contributed by atoms with van der Waals surface area (Å²) in [5.74, 6) is -3.72. The molecule has 2 aromatic carbocycles. The van der Waals surface area contributed by atoms with E-state index in [-0.39, 0.29) is 60.3 Å². The topological polar surface area (TPSA) is 97.7 Å². The van der Waals surface area contributed by atoms with E-state index in [9.17, 15) is 31.9 Å². The van der Waals surface area contributed by atoms with Gasteiger partial charge in [-0.15, -0.1) is 0 Å². The van der Waals surface area contributed by atoms with Gasteiger partial charge in [0.25, 0.3) is 0 Å². The highest BCUT2D eigenvalue weighted by Crippen LogP contribution is 2.53. The van der Waals surface area contributed by atoms with E-state index in [0.717, 1.165) is 35.5 Å². The lowest BCUT2D eigenvalue weighted by molar-refractivity contribution is -0.137. The maximum atomic E-state index is 17.7. The van der Waals surface area contributed by atoms with E-state index in [1.165, 1.54) is 12.4 Å². The van der Waals surface area contributed by atoms with Crippen LogP contribution in [-0.4, -0.2) is 52.1 Å². The molecule has 2 fully saturated rings. The van der Waals surface area contributed by atoms with Crippen molar-refractivity contribution >= 4 is 11.9 Å². The van der Waals surface area contributed by atoms with E-state index in [2.05, 4.69) is 23.8 Å². The van der Waals surface area contributed by atoms with Gasteiger partial charge in [-0.2, -0.15) is 13.2 Å². The summed E-state index contributed by atoms with van der Waals surface area (Å²) in [7, 11) is 1.58. The highest BCUT2D eigenvalue weighted by Gasteiger charge is 2.44. The molecule has 1 saturated heterocycles. The summed E-state index contributed by atoms with van der Waals surface area (Å²) in [5.41, 5.74) is 2.42. The number of aromatic carboxylic acids is 1. The zero-order valence-electron chi connectivity index (χ0n) is 32.1. The second kappa shape index (κ2) is 15.9. The first-order valence-electron chi connectivity index (χ1n) is 19.3. The highest BCUT2D eigenvalue weighted by molar-refractivity contribution is 5.86. The first-order chi connectivity index (χ1) is 27.0. The van der Waals surface area contributed by atoms with Crippen LogP contribution in [0.15, 0.2) is 60.9 Å². The number of hydrogen-bond acceptors (Lipinski definition) is 7. The van der Waals surface area contributed by atoms with Gasteiger partial charge in [-0.1, -0.05) is 38.1 Å². The molecule has 0 radical (unpaired) electrons. The molecule has 3 heterocycles. The van der Waals surface area contributed by atoms with Gasteiger partial charge in [-0.25, -0.2) is 27.9 Å². The minimum Gasteiger partial charge on any atom is -0.497 e. The molecule has 304 valence electrons. The van der Waals surface area contributed by atoms with Crippen molar-refractivity contribution in [1.29, 1.82) is 0 Å². The van der Waals surface area contributed by atoms with E-state index >= 15 is 4.39 Å². The number of piperidine rings is 1. The lowest BCUT2D eigenvalue weighted by Crippen LogP contribution is -2.36. The SMILES string of the molecule is COc1ccc(CO[C@H]2CC(C)(C)Cc3nc(C4CCN(c5ncc(C(=O)O)cn5)CC4)c([C@@H](F)c4ccc(C(F)(F)F)cc4)c(C4CCC(F)(F)CC4)c32)cc1. The molecule has 0 bridgehead atoms. The fourth-order valence-corrected chi connectivity index (χ4v) is 8.69. The monoisotopic (exact) mass is 796 g/mol. The van der Waals surface area contributed by atoms with Gasteiger partial charge in [-0.05, 0) is 90.8 Å². The van der Waals surface area contributed by atoms with Gasteiger partial charge in [0.15, 0.2) is 6.17 Å². The number of anilines is 1. The third-order valence-corrected chi connectivity index (χ3v) is 11.7. The molecule has 2 aliphatic carbocycles. The molecule has 0 amide bonds. The van der Waals surface area contributed by atoms with Crippen molar-refractivity contribution in [2.24, 2.45) is 5.41 Å². The van der Waals surface area contributed by atoms with Gasteiger partial charge in [0.1, 0.15) is 5.75 Å². The van der Waals surface area contributed by atoms with Crippen LogP contribution in [-0.2, 0) is 23.9 Å². The lowest BCUT2D eigenvalue weighted by atomic mass is 9.68. The molecule has 8 nitrogen and oxygen atoms in total. The Morgan fingerprint density at radius 3 is 2.14 bits per heavy atom. The van der Waals surface area contributed by atoms with Gasteiger partial charge in [0.2, 0.25) is 11.9 Å². The molecule has 3 aliphatic rings. The number of methoxy groups -OCH3 is 1. The maximum Gasteiger partial charge on any atom is 0.416 e. The second-order valence-corrected chi connectivity index (χ2v) is 16.3. The van der Waals surface area contributed by atoms with E-state index in [4.69, 9.17) is 14.5 Å². The zero-order valence-corrected chi connectivity index (χ0v) is 32.1. The Hall–Kier alpha value is -4.72. The number of ether oxygens (including phenoxy) is 2. The summed E-state index contributed by atoms with van der Waals surface area (Å²) >= 11 is 0. The lowest BCUT2D eigenvalue weighted by Gasteiger charge is -2.42. The minimum atomic E-state index is -4.62. The molecule has 0 unspecified atom stereocenters. The Balaban J connectivity index is 1.35. The number of fused-ring (bicyclic) bond motifs is 1. The Bertz CT molecular complexity index is 2040. The number of benzene rings is 2. The normalized spacial score (nSPS) is 20.5. The summed E-state index contributed by atoms with van der Waals surface area (Å²) in [4.78, 5) is 27.1. The molecule has 7 rings (SSSR count). The third-order valence-electron chi connectivity index (χ3n) is 11.7. The van der Waals surface area contributed by atoms with Crippen molar-refractivity contribution in [2.75, 3.05) is 25.1 Å². The average Bonchev–Trinajstić information content (AvgIpc) is 3.18. The first-order valence-corrected chi connectivity index (χ1v) is 19.3. The fourth-order valence-electron chi connectivity index (χ4n) is 8.69. The van der Waals surface area contributed by atoms with Crippen molar-refractivity contribution in [2.45, 2.75) is 108 Å². The quantitative estimate of drug-likeness (QED) is 0.159. The summed E-state index contributed by atoms with van der Waals surface area (Å²) < 4.78 is 100. The number of aromatic nitrogens is 3. The Morgan fingerprint density at radius 1 is 0.930 bits per heavy atom. The predicted octanol–water partition coefficient (Wildman–Crippen LogP) is 10.6. The van der Waals surface area contributed by atoms with Crippen LogP contribution >= 0.6 is 0 Å². The molecule has 14 heteroatoms. The average molecular weight is 797 g/mol. The predicted molar refractivity (Wildman–Crippen MR) is 201 cm³/mol. The van der Waals surface area contributed by atoms with Gasteiger partial charge in [0.05, 0.1) is 36.6 Å². The van der Waals surface area contributed by atoms with Gasteiger partial charge >= 0.3 is 12.1 Å². The molecule has 0 spiro atoms. The largest absolute Gasteiger partial charge is 0.497 e. The van der Waals surface area contributed by atoms with E-state index in [1.54, 1.807) is 7.11 Å².